The zero-order valence-electron chi connectivity index (χ0n) is 11.2. The Labute approximate surface area is 136 Å². The smallest absolute Gasteiger partial charge is 0.329 e. The van der Waals surface area contributed by atoms with Gasteiger partial charge in [0.1, 0.15) is 5.76 Å². The van der Waals surface area contributed by atoms with Crippen LogP contribution >= 0.6 is 23.2 Å². The molecule has 2 aromatic rings. The van der Waals surface area contributed by atoms with Gasteiger partial charge in [-0.2, -0.15) is 5.10 Å². The minimum absolute atomic E-state index is 0.114. The van der Waals surface area contributed by atoms with Crippen LogP contribution in [-0.2, 0) is 16.1 Å². The number of rotatable bonds is 4. The SMILES string of the molecule is O=C(NCc1ccco1)C(=O)NN=Cc1cccc(Cl)c1Cl. The van der Waals surface area contributed by atoms with Crippen molar-refractivity contribution in [3.8, 4) is 0 Å². The number of furan rings is 1. The standard InChI is InChI=1S/C14H11Cl2N3O3/c15-11-5-1-3-9(12(11)16)7-18-19-14(21)13(20)17-8-10-4-2-6-22-10/h1-7H,8H2,(H,17,20)(H,19,21). The third-order valence-corrected chi connectivity index (χ3v) is 3.39. The van der Waals surface area contributed by atoms with E-state index in [0.29, 0.717) is 21.4 Å². The monoisotopic (exact) mass is 339 g/mol. The maximum absolute atomic E-state index is 11.5. The van der Waals surface area contributed by atoms with Gasteiger partial charge in [0, 0.05) is 5.56 Å². The maximum atomic E-state index is 11.5. The van der Waals surface area contributed by atoms with Gasteiger partial charge in [-0.15, -0.1) is 0 Å². The molecule has 0 spiro atoms. The Morgan fingerprint density at radius 3 is 2.73 bits per heavy atom. The van der Waals surface area contributed by atoms with Gasteiger partial charge in [-0.3, -0.25) is 9.59 Å². The van der Waals surface area contributed by atoms with Gasteiger partial charge >= 0.3 is 11.8 Å². The van der Waals surface area contributed by atoms with Crippen LogP contribution < -0.4 is 10.7 Å². The highest BCUT2D eigenvalue weighted by Gasteiger charge is 2.12. The lowest BCUT2D eigenvalue weighted by Gasteiger charge is -2.02. The molecular formula is C14H11Cl2N3O3. The number of amides is 2. The number of nitrogens with zero attached hydrogens (tertiary/aromatic N) is 1. The Hall–Kier alpha value is -2.31. The Morgan fingerprint density at radius 2 is 2.00 bits per heavy atom. The third-order valence-electron chi connectivity index (χ3n) is 2.56. The predicted octanol–water partition coefficient (Wildman–Crippen LogP) is 2.35. The number of carbonyl (C=O) groups excluding carboxylic acids is 2. The molecule has 0 saturated heterocycles. The van der Waals surface area contributed by atoms with Crippen LogP contribution in [0.15, 0.2) is 46.1 Å². The zero-order chi connectivity index (χ0) is 15.9. The van der Waals surface area contributed by atoms with Crippen molar-refractivity contribution in [3.05, 3.63) is 58.0 Å². The highest BCUT2D eigenvalue weighted by atomic mass is 35.5. The molecule has 8 heteroatoms. The molecule has 0 radical (unpaired) electrons. The molecule has 0 saturated carbocycles. The molecular weight excluding hydrogens is 329 g/mol. The van der Waals surface area contributed by atoms with Gasteiger partial charge in [0.25, 0.3) is 0 Å². The number of halogens is 2. The van der Waals surface area contributed by atoms with E-state index in [2.05, 4.69) is 15.8 Å². The molecule has 2 amide bonds. The van der Waals surface area contributed by atoms with Crippen LogP contribution in [0.4, 0.5) is 0 Å². The van der Waals surface area contributed by atoms with Crippen LogP contribution in [0.5, 0.6) is 0 Å². The molecule has 1 heterocycles. The molecule has 0 aliphatic carbocycles. The third kappa shape index (κ3) is 4.34. The van der Waals surface area contributed by atoms with Crippen LogP contribution in [0.2, 0.25) is 10.0 Å². The van der Waals surface area contributed by atoms with Crippen molar-refractivity contribution in [2.24, 2.45) is 5.10 Å². The summed E-state index contributed by atoms with van der Waals surface area (Å²) in [5.41, 5.74) is 2.61. The summed E-state index contributed by atoms with van der Waals surface area (Å²) in [5, 5.41) is 6.72. The lowest BCUT2D eigenvalue weighted by Crippen LogP contribution is -2.37. The summed E-state index contributed by atoms with van der Waals surface area (Å²) in [6.45, 7) is 0.114. The topological polar surface area (TPSA) is 83.7 Å². The number of hydrogen-bond donors (Lipinski definition) is 2. The Bertz CT molecular complexity index is 699. The maximum Gasteiger partial charge on any atom is 0.329 e. The van der Waals surface area contributed by atoms with E-state index < -0.39 is 11.8 Å². The van der Waals surface area contributed by atoms with Crippen molar-refractivity contribution in [3.63, 3.8) is 0 Å². The van der Waals surface area contributed by atoms with Gasteiger partial charge in [-0.1, -0.05) is 35.3 Å². The fraction of sp³-hybridized carbons (Fsp3) is 0.0714. The lowest BCUT2D eigenvalue weighted by atomic mass is 10.2. The second kappa shape index (κ2) is 7.63. The number of hydrogen-bond acceptors (Lipinski definition) is 4. The van der Waals surface area contributed by atoms with Crippen LogP contribution in [0.3, 0.4) is 0 Å². The predicted molar refractivity (Wildman–Crippen MR) is 82.8 cm³/mol. The molecule has 114 valence electrons. The molecule has 1 aromatic heterocycles. The number of hydrazone groups is 1. The van der Waals surface area contributed by atoms with Crippen molar-refractivity contribution in [1.82, 2.24) is 10.7 Å². The van der Waals surface area contributed by atoms with Gasteiger partial charge < -0.3 is 9.73 Å². The van der Waals surface area contributed by atoms with Crippen LogP contribution in [-0.4, -0.2) is 18.0 Å². The highest BCUT2D eigenvalue weighted by Crippen LogP contribution is 2.23. The van der Waals surface area contributed by atoms with Crippen molar-refractivity contribution in [2.75, 3.05) is 0 Å². The molecule has 0 bridgehead atoms. The Morgan fingerprint density at radius 1 is 1.18 bits per heavy atom. The van der Waals surface area contributed by atoms with Gasteiger partial charge in [0.2, 0.25) is 0 Å². The number of benzene rings is 1. The minimum Gasteiger partial charge on any atom is -0.467 e. The van der Waals surface area contributed by atoms with Crippen molar-refractivity contribution < 1.29 is 14.0 Å². The van der Waals surface area contributed by atoms with Gasteiger partial charge in [0.15, 0.2) is 0 Å². The van der Waals surface area contributed by atoms with Crippen LogP contribution in [0.1, 0.15) is 11.3 Å². The summed E-state index contributed by atoms with van der Waals surface area (Å²) in [7, 11) is 0. The highest BCUT2D eigenvalue weighted by molar-refractivity contribution is 6.43. The first kappa shape index (κ1) is 16.1. The molecule has 0 unspecified atom stereocenters. The number of carbonyl (C=O) groups is 2. The average molecular weight is 340 g/mol. The summed E-state index contributed by atoms with van der Waals surface area (Å²) < 4.78 is 5.02. The zero-order valence-corrected chi connectivity index (χ0v) is 12.7. The van der Waals surface area contributed by atoms with E-state index in [1.807, 2.05) is 0 Å². The quantitative estimate of drug-likeness (QED) is 0.509. The number of nitrogens with one attached hydrogen (secondary N) is 2. The van der Waals surface area contributed by atoms with Gasteiger partial charge in [0.05, 0.1) is 29.1 Å². The first-order chi connectivity index (χ1) is 10.6. The molecule has 22 heavy (non-hydrogen) atoms. The fourth-order valence-corrected chi connectivity index (χ4v) is 1.85. The van der Waals surface area contributed by atoms with Crippen molar-refractivity contribution >= 4 is 41.2 Å². The molecule has 0 aliphatic heterocycles. The van der Waals surface area contributed by atoms with E-state index >= 15 is 0 Å². The van der Waals surface area contributed by atoms with E-state index in [-0.39, 0.29) is 6.54 Å². The van der Waals surface area contributed by atoms with Crippen molar-refractivity contribution in [2.45, 2.75) is 6.54 Å². The summed E-state index contributed by atoms with van der Waals surface area (Å²) in [5.74, 6) is -1.19. The summed E-state index contributed by atoms with van der Waals surface area (Å²) in [4.78, 5) is 23.0. The van der Waals surface area contributed by atoms with E-state index in [4.69, 9.17) is 27.6 Å². The van der Waals surface area contributed by atoms with E-state index in [0.717, 1.165) is 0 Å². The lowest BCUT2D eigenvalue weighted by molar-refractivity contribution is -0.139. The normalized spacial score (nSPS) is 10.6. The van der Waals surface area contributed by atoms with Crippen LogP contribution in [0, 0.1) is 0 Å². The second-order valence-corrected chi connectivity index (χ2v) is 4.89. The second-order valence-electron chi connectivity index (χ2n) is 4.10. The summed E-state index contributed by atoms with van der Waals surface area (Å²) in [6.07, 6.45) is 2.77. The van der Waals surface area contributed by atoms with E-state index in [1.165, 1.54) is 12.5 Å². The summed E-state index contributed by atoms with van der Waals surface area (Å²) >= 11 is 11.8. The Balaban J connectivity index is 1.85. The average Bonchev–Trinajstić information content (AvgIpc) is 3.02. The van der Waals surface area contributed by atoms with Gasteiger partial charge in [-0.25, -0.2) is 5.43 Å². The summed E-state index contributed by atoms with van der Waals surface area (Å²) in [6, 6.07) is 8.34. The first-order valence-electron chi connectivity index (χ1n) is 6.15. The molecule has 0 atom stereocenters. The Kier molecular flexibility index (Phi) is 5.57. The van der Waals surface area contributed by atoms with Gasteiger partial charge in [-0.05, 0) is 18.2 Å². The molecule has 0 fully saturated rings. The van der Waals surface area contributed by atoms with Crippen molar-refractivity contribution in [1.29, 1.82) is 0 Å². The minimum atomic E-state index is -0.902. The molecule has 0 aliphatic rings. The van der Waals surface area contributed by atoms with Crippen LogP contribution in [0.25, 0.3) is 0 Å². The largest absolute Gasteiger partial charge is 0.467 e. The first-order valence-corrected chi connectivity index (χ1v) is 6.91. The van der Waals surface area contributed by atoms with E-state index in [9.17, 15) is 9.59 Å². The molecule has 2 rings (SSSR count). The molecule has 1 aromatic carbocycles. The van der Waals surface area contributed by atoms with E-state index in [1.54, 1.807) is 30.3 Å². The molecule has 6 nitrogen and oxygen atoms in total. The fourth-order valence-electron chi connectivity index (χ4n) is 1.49. The molecule has 2 N–H and O–H groups in total.